The van der Waals surface area contributed by atoms with Gasteiger partial charge in [0.1, 0.15) is 5.75 Å². The van der Waals surface area contributed by atoms with E-state index in [2.05, 4.69) is 18.4 Å². The summed E-state index contributed by atoms with van der Waals surface area (Å²) in [6.07, 6.45) is 1.75. The van der Waals surface area contributed by atoms with Crippen molar-refractivity contribution in [1.82, 2.24) is 0 Å². The van der Waals surface area contributed by atoms with Gasteiger partial charge in [-0.3, -0.25) is 4.79 Å². The normalized spacial score (nSPS) is 9.69. The second kappa shape index (κ2) is 14.4. The second-order valence-corrected chi connectivity index (χ2v) is 5.18. The standard InChI is InChI=1S/C11H14O3.C9H8.C3H6/c1-3-14-11(13)8(2)9-6-4-5-7-10(9)12;1-2-6-9-7-4-3-5-8-9;1-3-2/h4-8,12H,3H2,1-2H3;3-5,7-8H,1H3;3H,1H2,2H3. The minimum Gasteiger partial charge on any atom is -0.508 e. The fraction of sp³-hybridized carbons (Fsp3) is 0.261. The smallest absolute Gasteiger partial charge is 0.313 e. The van der Waals surface area contributed by atoms with Crippen molar-refractivity contribution in [2.45, 2.75) is 33.6 Å². The van der Waals surface area contributed by atoms with Gasteiger partial charge in [-0.15, -0.1) is 12.5 Å². The Morgan fingerprint density at radius 3 is 2.23 bits per heavy atom. The first-order valence-electron chi connectivity index (χ1n) is 8.51. The van der Waals surface area contributed by atoms with Crippen LogP contribution < -0.4 is 0 Å². The van der Waals surface area contributed by atoms with Crippen LogP contribution in [0.25, 0.3) is 0 Å². The number of aromatic hydroxyl groups is 1. The average molecular weight is 352 g/mol. The van der Waals surface area contributed by atoms with Crippen molar-refractivity contribution >= 4 is 5.97 Å². The topological polar surface area (TPSA) is 46.5 Å². The van der Waals surface area contributed by atoms with Crippen LogP contribution in [0.5, 0.6) is 5.75 Å². The van der Waals surface area contributed by atoms with Crippen LogP contribution >= 0.6 is 0 Å². The number of carbonyl (C=O) groups is 1. The Balaban J connectivity index is 0.000000446. The molecule has 2 aromatic carbocycles. The first-order chi connectivity index (χ1) is 12.5. The largest absolute Gasteiger partial charge is 0.508 e. The Hall–Kier alpha value is -2.99. The van der Waals surface area contributed by atoms with E-state index in [1.54, 1.807) is 44.2 Å². The van der Waals surface area contributed by atoms with Crippen LogP contribution in [-0.2, 0) is 9.53 Å². The van der Waals surface area contributed by atoms with Gasteiger partial charge in [0, 0.05) is 11.1 Å². The van der Waals surface area contributed by atoms with Crippen LogP contribution in [0.3, 0.4) is 0 Å². The minimum absolute atomic E-state index is 0.132. The summed E-state index contributed by atoms with van der Waals surface area (Å²) in [4.78, 5) is 11.4. The summed E-state index contributed by atoms with van der Waals surface area (Å²) in [5.74, 6) is 5.19. The lowest BCUT2D eigenvalue weighted by Crippen LogP contribution is -2.12. The summed E-state index contributed by atoms with van der Waals surface area (Å²) in [5.41, 5.74) is 1.69. The van der Waals surface area contributed by atoms with Gasteiger partial charge < -0.3 is 9.84 Å². The van der Waals surface area contributed by atoms with Gasteiger partial charge in [-0.25, -0.2) is 0 Å². The van der Waals surface area contributed by atoms with Crippen molar-refractivity contribution in [1.29, 1.82) is 0 Å². The Kier molecular flexibility index (Phi) is 12.7. The number of hydrogen-bond donors (Lipinski definition) is 1. The monoisotopic (exact) mass is 352 g/mol. The lowest BCUT2D eigenvalue weighted by Gasteiger charge is -2.11. The Labute approximate surface area is 157 Å². The first-order valence-corrected chi connectivity index (χ1v) is 8.51. The number of rotatable bonds is 3. The molecule has 0 aliphatic rings. The number of allylic oxidation sites excluding steroid dienone is 1. The zero-order chi connectivity index (χ0) is 19.8. The summed E-state index contributed by atoms with van der Waals surface area (Å²) in [6.45, 7) is 10.9. The number of benzene rings is 2. The van der Waals surface area contributed by atoms with E-state index >= 15 is 0 Å². The molecule has 0 spiro atoms. The van der Waals surface area contributed by atoms with Crippen molar-refractivity contribution < 1.29 is 14.6 Å². The van der Waals surface area contributed by atoms with E-state index in [-0.39, 0.29) is 11.7 Å². The van der Waals surface area contributed by atoms with Crippen LogP contribution in [0, 0.1) is 11.8 Å². The minimum atomic E-state index is -0.420. The second-order valence-electron chi connectivity index (χ2n) is 5.18. The molecule has 0 amide bonds. The summed E-state index contributed by atoms with van der Waals surface area (Å²) in [5, 5.41) is 9.49. The van der Waals surface area contributed by atoms with Crippen molar-refractivity contribution in [2.24, 2.45) is 0 Å². The molecule has 3 heteroatoms. The molecule has 0 aliphatic heterocycles. The van der Waals surface area contributed by atoms with Crippen molar-refractivity contribution in [3.8, 4) is 17.6 Å². The molecule has 3 nitrogen and oxygen atoms in total. The number of phenolic OH excluding ortho intramolecular Hbond substituents is 1. The number of para-hydroxylation sites is 1. The summed E-state index contributed by atoms with van der Waals surface area (Å²) in [7, 11) is 0. The lowest BCUT2D eigenvalue weighted by molar-refractivity contribution is -0.144. The Morgan fingerprint density at radius 2 is 1.73 bits per heavy atom. The van der Waals surface area contributed by atoms with Crippen LogP contribution in [0.2, 0.25) is 0 Å². The number of phenols is 1. The van der Waals surface area contributed by atoms with E-state index in [1.807, 2.05) is 44.2 Å². The summed E-state index contributed by atoms with van der Waals surface area (Å²) in [6, 6.07) is 16.7. The molecule has 1 unspecified atom stereocenters. The summed E-state index contributed by atoms with van der Waals surface area (Å²) < 4.78 is 4.86. The maximum absolute atomic E-state index is 11.4. The molecule has 26 heavy (non-hydrogen) atoms. The molecule has 0 radical (unpaired) electrons. The molecule has 0 aliphatic carbocycles. The predicted molar refractivity (Wildman–Crippen MR) is 108 cm³/mol. The van der Waals surface area contributed by atoms with Gasteiger partial charge in [0.05, 0.1) is 12.5 Å². The highest BCUT2D eigenvalue weighted by Gasteiger charge is 2.18. The van der Waals surface area contributed by atoms with Crippen LogP contribution in [0.15, 0.2) is 67.3 Å². The van der Waals surface area contributed by atoms with Gasteiger partial charge in [0.25, 0.3) is 0 Å². The highest BCUT2D eigenvalue weighted by atomic mass is 16.5. The third-order valence-corrected chi connectivity index (χ3v) is 3.09. The summed E-state index contributed by atoms with van der Waals surface area (Å²) >= 11 is 0. The van der Waals surface area contributed by atoms with Gasteiger partial charge >= 0.3 is 5.97 Å². The molecular formula is C23H28O3. The van der Waals surface area contributed by atoms with Gasteiger partial charge in [0.2, 0.25) is 0 Å². The van der Waals surface area contributed by atoms with Gasteiger partial charge in [0.15, 0.2) is 0 Å². The van der Waals surface area contributed by atoms with Crippen LogP contribution in [0.4, 0.5) is 0 Å². The molecular weight excluding hydrogens is 324 g/mol. The van der Waals surface area contributed by atoms with E-state index < -0.39 is 5.92 Å². The fourth-order valence-electron chi connectivity index (χ4n) is 1.91. The molecule has 0 heterocycles. The highest BCUT2D eigenvalue weighted by molar-refractivity contribution is 5.78. The maximum atomic E-state index is 11.4. The number of ether oxygens (including phenoxy) is 1. The maximum Gasteiger partial charge on any atom is 0.313 e. The lowest BCUT2D eigenvalue weighted by atomic mass is 10.0. The van der Waals surface area contributed by atoms with Crippen LogP contribution in [0.1, 0.15) is 44.7 Å². The number of hydrogen-bond acceptors (Lipinski definition) is 3. The van der Waals surface area contributed by atoms with Gasteiger partial charge in [-0.1, -0.05) is 48.4 Å². The number of esters is 1. The molecule has 0 bridgehead atoms. The molecule has 2 aromatic rings. The molecule has 1 atom stereocenters. The molecule has 138 valence electrons. The predicted octanol–water partition coefficient (Wildman–Crippen LogP) is 5.31. The van der Waals surface area contributed by atoms with Gasteiger partial charge in [-0.05, 0) is 45.9 Å². The average Bonchev–Trinajstić information content (AvgIpc) is 2.64. The van der Waals surface area contributed by atoms with Crippen molar-refractivity contribution in [3.63, 3.8) is 0 Å². The van der Waals surface area contributed by atoms with E-state index in [9.17, 15) is 9.90 Å². The van der Waals surface area contributed by atoms with E-state index in [1.165, 1.54) is 0 Å². The Morgan fingerprint density at radius 1 is 1.19 bits per heavy atom. The third-order valence-electron chi connectivity index (χ3n) is 3.09. The van der Waals surface area contributed by atoms with Crippen molar-refractivity contribution in [2.75, 3.05) is 6.61 Å². The zero-order valence-corrected chi connectivity index (χ0v) is 16.0. The molecule has 2 rings (SSSR count). The van der Waals surface area contributed by atoms with Gasteiger partial charge in [-0.2, -0.15) is 0 Å². The quantitative estimate of drug-likeness (QED) is 0.463. The van der Waals surface area contributed by atoms with E-state index in [0.717, 1.165) is 5.56 Å². The Bertz CT molecular complexity index is 709. The zero-order valence-electron chi connectivity index (χ0n) is 16.0. The molecule has 0 aromatic heterocycles. The molecule has 0 fully saturated rings. The SMILES string of the molecule is C=CC.CC#Cc1ccccc1.CCOC(=O)C(C)c1ccccc1O. The van der Waals surface area contributed by atoms with Crippen LogP contribution in [-0.4, -0.2) is 17.7 Å². The molecule has 0 saturated heterocycles. The first kappa shape index (κ1) is 23.0. The molecule has 0 saturated carbocycles. The van der Waals surface area contributed by atoms with Crippen molar-refractivity contribution in [3.05, 3.63) is 78.4 Å². The van der Waals surface area contributed by atoms with E-state index in [4.69, 9.17) is 4.74 Å². The van der Waals surface area contributed by atoms with E-state index in [0.29, 0.717) is 12.2 Å². The number of carbonyl (C=O) groups excluding carboxylic acids is 1. The fourth-order valence-corrected chi connectivity index (χ4v) is 1.91. The highest BCUT2D eigenvalue weighted by Crippen LogP contribution is 2.25. The third kappa shape index (κ3) is 9.34. The molecule has 1 N–H and O–H groups in total.